The van der Waals surface area contributed by atoms with Crippen LogP contribution in [0.5, 0.6) is 0 Å². The summed E-state index contributed by atoms with van der Waals surface area (Å²) in [5.41, 5.74) is 0.587. The first kappa shape index (κ1) is 17.4. The van der Waals surface area contributed by atoms with E-state index >= 15 is 0 Å². The maximum atomic E-state index is 12.9. The van der Waals surface area contributed by atoms with E-state index < -0.39 is 21.3 Å². The molecule has 22 heavy (non-hydrogen) atoms. The van der Waals surface area contributed by atoms with Gasteiger partial charge < -0.3 is 4.90 Å². The molecule has 0 radical (unpaired) electrons. The van der Waals surface area contributed by atoms with Crippen molar-refractivity contribution in [1.29, 1.82) is 0 Å². The van der Waals surface area contributed by atoms with Gasteiger partial charge >= 0.3 is 0 Å². The molecule has 0 saturated carbocycles. The third kappa shape index (κ3) is 2.68. The Hall–Kier alpha value is -0.980. The van der Waals surface area contributed by atoms with E-state index in [1.807, 2.05) is 39.0 Å². The number of halogens is 1. The molecule has 1 aliphatic heterocycles. The van der Waals surface area contributed by atoms with Gasteiger partial charge in [0, 0.05) is 17.1 Å². The van der Waals surface area contributed by atoms with Crippen molar-refractivity contribution in [3.05, 3.63) is 40.9 Å². The van der Waals surface area contributed by atoms with Gasteiger partial charge in [0.15, 0.2) is 0 Å². The number of carbonyl (C=O) groups is 1. The number of benzene rings is 1. The van der Waals surface area contributed by atoms with Crippen LogP contribution in [0.4, 0.5) is 5.69 Å². The molecule has 0 bridgehead atoms. The number of likely N-dealkylation sites (N-methyl/N-ethyl adjacent to an activating group) is 1. The predicted molar refractivity (Wildman–Crippen MR) is 95.1 cm³/mol. The Morgan fingerprint density at radius 1 is 1.45 bits per heavy atom. The van der Waals surface area contributed by atoms with Gasteiger partial charge in [0.2, 0.25) is 0 Å². The lowest BCUT2D eigenvalue weighted by molar-refractivity contribution is -0.123. The maximum Gasteiger partial charge on any atom is 0.252 e. The lowest BCUT2D eigenvalue weighted by Gasteiger charge is -2.31. The van der Waals surface area contributed by atoms with Crippen molar-refractivity contribution in [3.8, 4) is 0 Å². The Morgan fingerprint density at radius 3 is 2.64 bits per heavy atom. The Bertz CT molecular complexity index is 654. The zero-order valence-electron chi connectivity index (χ0n) is 13.3. The smallest absolute Gasteiger partial charge is 0.252 e. The summed E-state index contributed by atoms with van der Waals surface area (Å²) in [6, 6.07) is 5.67. The van der Waals surface area contributed by atoms with Gasteiger partial charge in [-0.3, -0.25) is 4.79 Å². The number of rotatable bonds is 4. The van der Waals surface area contributed by atoms with Crippen LogP contribution in [0.1, 0.15) is 32.8 Å². The van der Waals surface area contributed by atoms with E-state index in [1.165, 1.54) is 0 Å². The zero-order chi connectivity index (χ0) is 16.7. The van der Waals surface area contributed by atoms with E-state index in [2.05, 4.69) is 27.2 Å². The average molecular weight is 385 g/mol. The number of nitrogens with one attached hydrogen (secondary N) is 1. The molecule has 1 aliphatic rings. The molecular formula is C16H21BrN2O2S. The molecule has 1 amide bonds. The molecule has 0 aliphatic carbocycles. The fourth-order valence-corrected chi connectivity index (χ4v) is 4.16. The third-order valence-electron chi connectivity index (χ3n) is 3.72. The Morgan fingerprint density at radius 2 is 2.09 bits per heavy atom. The van der Waals surface area contributed by atoms with Crippen LogP contribution in [0.25, 0.3) is 0 Å². The minimum absolute atomic E-state index is 0.119. The Balaban J connectivity index is 2.63. The Labute approximate surface area is 142 Å². The number of anilines is 1. The largest absolute Gasteiger partial charge is 0.313 e. The predicted octanol–water partition coefficient (Wildman–Crippen LogP) is 3.25. The van der Waals surface area contributed by atoms with Crippen LogP contribution in [0.15, 0.2) is 35.3 Å². The van der Waals surface area contributed by atoms with Gasteiger partial charge in [-0.25, -0.2) is 8.93 Å². The summed E-state index contributed by atoms with van der Waals surface area (Å²) in [4.78, 5) is 14.6. The summed E-state index contributed by atoms with van der Waals surface area (Å²) in [6.45, 7) is 9.41. The molecule has 2 rings (SSSR count). The number of nitrogens with zero attached hydrogens (tertiary/aromatic N) is 1. The third-order valence-corrected chi connectivity index (χ3v) is 6.03. The van der Waals surface area contributed by atoms with Crippen molar-refractivity contribution in [3.63, 3.8) is 0 Å². The van der Waals surface area contributed by atoms with Gasteiger partial charge in [0.05, 0.1) is 21.4 Å². The van der Waals surface area contributed by atoms with Gasteiger partial charge in [0.25, 0.3) is 5.91 Å². The quantitative estimate of drug-likeness (QED) is 0.809. The van der Waals surface area contributed by atoms with Gasteiger partial charge in [-0.1, -0.05) is 28.1 Å². The summed E-state index contributed by atoms with van der Waals surface area (Å²) < 4.78 is 16.1. The summed E-state index contributed by atoms with van der Waals surface area (Å²) in [7, 11) is 0.351. The highest BCUT2D eigenvalue weighted by Gasteiger charge is 2.51. The maximum absolute atomic E-state index is 12.9. The molecule has 1 aromatic rings. The van der Waals surface area contributed by atoms with Gasteiger partial charge in [-0.05, 0) is 39.3 Å². The van der Waals surface area contributed by atoms with Crippen molar-refractivity contribution in [1.82, 2.24) is 4.72 Å². The molecule has 4 nitrogen and oxygen atoms in total. The monoisotopic (exact) mass is 384 g/mol. The van der Waals surface area contributed by atoms with Crippen LogP contribution < -0.4 is 9.62 Å². The summed E-state index contributed by atoms with van der Waals surface area (Å²) in [6.07, 6.45) is 2.06. The van der Waals surface area contributed by atoms with Crippen LogP contribution in [-0.4, -0.2) is 21.9 Å². The highest BCUT2D eigenvalue weighted by molar-refractivity contribution is 9.10. The van der Waals surface area contributed by atoms with Crippen LogP contribution >= 0.6 is 15.9 Å². The molecule has 2 atom stereocenters. The van der Waals surface area contributed by atoms with Crippen molar-refractivity contribution < 1.29 is 9.00 Å². The molecule has 6 heteroatoms. The van der Waals surface area contributed by atoms with E-state index in [1.54, 1.807) is 18.0 Å². The molecule has 0 saturated heterocycles. The number of amides is 1. The molecule has 0 fully saturated rings. The van der Waals surface area contributed by atoms with Crippen LogP contribution in [0, 0.1) is 0 Å². The van der Waals surface area contributed by atoms with Crippen molar-refractivity contribution >= 4 is 38.5 Å². The van der Waals surface area contributed by atoms with E-state index in [-0.39, 0.29) is 5.91 Å². The molecule has 0 spiro atoms. The highest BCUT2D eigenvalue weighted by Crippen LogP contribution is 2.46. The van der Waals surface area contributed by atoms with Crippen molar-refractivity contribution in [2.24, 2.45) is 0 Å². The first-order chi connectivity index (χ1) is 10.1. The molecule has 1 heterocycles. The van der Waals surface area contributed by atoms with Crippen molar-refractivity contribution in [2.75, 3.05) is 11.9 Å². The second-order valence-corrected chi connectivity index (χ2v) is 9.20. The Kier molecular flexibility index (Phi) is 4.66. The molecule has 1 N–H and O–H groups in total. The highest BCUT2D eigenvalue weighted by atomic mass is 79.9. The SMILES string of the molecule is C=CC[C@@]1(N[S@@](=O)C(C)(C)C)C(=O)N(C)c2cccc(Br)c21. The summed E-state index contributed by atoms with van der Waals surface area (Å²) >= 11 is 3.54. The van der Waals surface area contributed by atoms with Crippen LogP contribution in [0.3, 0.4) is 0 Å². The van der Waals surface area contributed by atoms with Gasteiger partial charge in [-0.15, -0.1) is 6.58 Å². The van der Waals surface area contributed by atoms with Crippen LogP contribution in [-0.2, 0) is 21.3 Å². The summed E-state index contributed by atoms with van der Waals surface area (Å²) in [5, 5.41) is 0. The van der Waals surface area contributed by atoms with Crippen LogP contribution in [0.2, 0.25) is 0 Å². The minimum Gasteiger partial charge on any atom is -0.313 e. The number of fused-ring (bicyclic) bond motifs is 1. The van der Waals surface area contributed by atoms with Crippen molar-refractivity contribution in [2.45, 2.75) is 37.5 Å². The fraction of sp³-hybridized carbons (Fsp3) is 0.438. The molecule has 0 unspecified atom stereocenters. The minimum atomic E-state index is -1.39. The van der Waals surface area contributed by atoms with Gasteiger partial charge in [-0.2, -0.15) is 0 Å². The standard InChI is InChI=1S/C16H21BrN2O2S/c1-6-10-16(18-22(21)15(2,3)4)13-11(17)8-7-9-12(13)19(5)14(16)20/h6-9,18H,1,10H2,2-5H3/t16-,22-/m0/s1. The fourth-order valence-electron chi connectivity index (χ4n) is 2.57. The topological polar surface area (TPSA) is 49.4 Å². The van der Waals surface area contributed by atoms with E-state index in [9.17, 15) is 9.00 Å². The number of hydrogen-bond donors (Lipinski definition) is 1. The van der Waals surface area contributed by atoms with E-state index in [0.29, 0.717) is 6.42 Å². The molecule has 120 valence electrons. The lowest BCUT2D eigenvalue weighted by Crippen LogP contribution is -2.53. The number of hydrogen-bond acceptors (Lipinski definition) is 2. The normalized spacial score (nSPS) is 22.6. The van der Waals surface area contributed by atoms with E-state index in [4.69, 9.17) is 0 Å². The average Bonchev–Trinajstić information content (AvgIpc) is 2.62. The lowest BCUT2D eigenvalue weighted by atomic mass is 9.89. The molecule has 1 aromatic carbocycles. The molecular weight excluding hydrogens is 364 g/mol. The summed E-state index contributed by atoms with van der Waals surface area (Å²) in [5.74, 6) is -0.119. The van der Waals surface area contributed by atoms with E-state index in [0.717, 1.165) is 15.7 Å². The first-order valence-electron chi connectivity index (χ1n) is 7.03. The zero-order valence-corrected chi connectivity index (χ0v) is 15.7. The second kappa shape index (κ2) is 5.91. The molecule has 0 aromatic heterocycles. The van der Waals surface area contributed by atoms with Gasteiger partial charge in [0.1, 0.15) is 5.54 Å². The second-order valence-electron chi connectivity index (χ2n) is 6.38. The number of carbonyl (C=O) groups excluding carboxylic acids is 1. The first-order valence-corrected chi connectivity index (χ1v) is 8.97.